The van der Waals surface area contributed by atoms with E-state index in [1.54, 1.807) is 13.8 Å². The smallest absolute Gasteiger partial charge is 0.140 e. The van der Waals surface area contributed by atoms with Crippen LogP contribution in [-0.4, -0.2) is 15.1 Å². The number of nitrogens with zero attached hydrogens (tertiary/aromatic N) is 1. The van der Waals surface area contributed by atoms with Crippen molar-refractivity contribution in [2.24, 2.45) is 0 Å². The van der Waals surface area contributed by atoms with Gasteiger partial charge in [-0.1, -0.05) is 0 Å². The number of H-pyrrole nitrogens is 1. The predicted molar refractivity (Wildman–Crippen MR) is 61.9 cm³/mol. The number of aliphatic hydroxyl groups is 1. The van der Waals surface area contributed by atoms with Crippen LogP contribution in [0.5, 0.6) is 0 Å². The van der Waals surface area contributed by atoms with Gasteiger partial charge in [0.05, 0.1) is 21.9 Å². The Morgan fingerprint density at radius 1 is 1.47 bits per heavy atom. The van der Waals surface area contributed by atoms with E-state index in [0.717, 1.165) is 21.3 Å². The van der Waals surface area contributed by atoms with E-state index in [4.69, 9.17) is 0 Å². The zero-order valence-corrected chi connectivity index (χ0v) is 9.85. The van der Waals surface area contributed by atoms with Gasteiger partial charge in [-0.3, -0.25) is 0 Å². The maximum absolute atomic E-state index is 9.94. The van der Waals surface area contributed by atoms with Crippen molar-refractivity contribution in [3.8, 4) is 10.7 Å². The Morgan fingerprint density at radius 3 is 2.67 bits per heavy atom. The molecule has 3 nitrogen and oxygen atoms in total. The lowest BCUT2D eigenvalue weighted by Crippen LogP contribution is -2.14. The molecule has 4 heteroatoms. The molecule has 15 heavy (non-hydrogen) atoms. The van der Waals surface area contributed by atoms with Crippen LogP contribution in [0.15, 0.2) is 18.3 Å². The molecule has 0 aromatic carbocycles. The fourth-order valence-corrected chi connectivity index (χ4v) is 2.60. The van der Waals surface area contributed by atoms with E-state index < -0.39 is 5.60 Å². The standard InChI is InChI=1S/C11H14N2OS/c1-7-9(11(2,3)14)15-10(13-7)8-5-4-6-12-8/h4-6,12,14H,1-3H3. The van der Waals surface area contributed by atoms with Gasteiger partial charge in [0, 0.05) is 6.20 Å². The molecule has 80 valence electrons. The van der Waals surface area contributed by atoms with E-state index in [2.05, 4.69) is 9.97 Å². The SMILES string of the molecule is Cc1nc(-c2ccc[nH]2)sc1C(C)(C)O. The molecule has 0 aliphatic heterocycles. The van der Waals surface area contributed by atoms with Gasteiger partial charge >= 0.3 is 0 Å². The lowest BCUT2D eigenvalue weighted by molar-refractivity contribution is 0.0817. The zero-order valence-electron chi connectivity index (χ0n) is 9.03. The average molecular weight is 222 g/mol. The molecule has 0 amide bonds. The molecule has 0 fully saturated rings. The molecule has 0 saturated heterocycles. The Kier molecular flexibility index (Phi) is 2.40. The highest BCUT2D eigenvalue weighted by atomic mass is 32.1. The van der Waals surface area contributed by atoms with Crippen LogP contribution in [0.4, 0.5) is 0 Å². The van der Waals surface area contributed by atoms with Crippen molar-refractivity contribution in [3.63, 3.8) is 0 Å². The molecule has 0 radical (unpaired) electrons. The molecule has 2 rings (SSSR count). The lowest BCUT2D eigenvalue weighted by atomic mass is 10.1. The third-order valence-electron chi connectivity index (χ3n) is 2.18. The zero-order chi connectivity index (χ0) is 11.1. The lowest BCUT2D eigenvalue weighted by Gasteiger charge is -2.14. The number of aryl methyl sites for hydroxylation is 1. The van der Waals surface area contributed by atoms with E-state index in [1.165, 1.54) is 11.3 Å². The molecule has 0 bridgehead atoms. The molecule has 2 aromatic rings. The first-order valence-electron chi connectivity index (χ1n) is 4.82. The first kappa shape index (κ1) is 10.4. The summed E-state index contributed by atoms with van der Waals surface area (Å²) in [5.74, 6) is 0. The summed E-state index contributed by atoms with van der Waals surface area (Å²) in [7, 11) is 0. The van der Waals surface area contributed by atoms with Crippen molar-refractivity contribution < 1.29 is 5.11 Å². The summed E-state index contributed by atoms with van der Waals surface area (Å²) >= 11 is 1.53. The Morgan fingerprint density at radius 2 is 2.20 bits per heavy atom. The van der Waals surface area contributed by atoms with Crippen LogP contribution in [0.25, 0.3) is 10.7 Å². The minimum atomic E-state index is -0.813. The van der Waals surface area contributed by atoms with Gasteiger partial charge in [0.15, 0.2) is 0 Å². The number of nitrogens with one attached hydrogen (secondary N) is 1. The normalized spacial score (nSPS) is 12.0. The molecule has 0 atom stereocenters. The second-order valence-electron chi connectivity index (χ2n) is 4.08. The number of rotatable bonds is 2. The van der Waals surface area contributed by atoms with Crippen molar-refractivity contribution in [2.75, 3.05) is 0 Å². The van der Waals surface area contributed by atoms with Crippen LogP contribution in [0.3, 0.4) is 0 Å². The highest BCUT2D eigenvalue weighted by Gasteiger charge is 2.23. The fraction of sp³-hybridized carbons (Fsp3) is 0.364. The summed E-state index contributed by atoms with van der Waals surface area (Å²) in [5.41, 5.74) is 1.09. The number of aromatic nitrogens is 2. The molecule has 2 N–H and O–H groups in total. The van der Waals surface area contributed by atoms with E-state index in [0.29, 0.717) is 0 Å². The minimum absolute atomic E-state index is 0.813. The highest BCUT2D eigenvalue weighted by molar-refractivity contribution is 7.15. The highest BCUT2D eigenvalue weighted by Crippen LogP contribution is 2.33. The molecule has 0 aliphatic carbocycles. The molecular formula is C11H14N2OS. The summed E-state index contributed by atoms with van der Waals surface area (Å²) in [4.78, 5) is 8.48. The second kappa shape index (κ2) is 3.47. The molecule has 2 heterocycles. The van der Waals surface area contributed by atoms with Gasteiger partial charge in [0.1, 0.15) is 5.01 Å². The number of aromatic amines is 1. The van der Waals surface area contributed by atoms with Crippen molar-refractivity contribution >= 4 is 11.3 Å². The summed E-state index contributed by atoms with van der Waals surface area (Å²) < 4.78 is 0. The summed E-state index contributed by atoms with van der Waals surface area (Å²) in [6, 6.07) is 3.92. The quantitative estimate of drug-likeness (QED) is 0.820. The molecule has 0 aliphatic rings. The number of hydrogen-bond acceptors (Lipinski definition) is 3. The fourth-order valence-electron chi connectivity index (χ4n) is 1.54. The molecule has 0 spiro atoms. The van der Waals surface area contributed by atoms with E-state index in [9.17, 15) is 5.11 Å². The van der Waals surface area contributed by atoms with Crippen molar-refractivity contribution in [1.29, 1.82) is 0 Å². The number of hydrogen-bond donors (Lipinski definition) is 2. The van der Waals surface area contributed by atoms with Gasteiger partial charge in [-0.15, -0.1) is 11.3 Å². The average Bonchev–Trinajstić information content (AvgIpc) is 2.68. The minimum Gasteiger partial charge on any atom is -0.385 e. The molecular weight excluding hydrogens is 208 g/mol. The van der Waals surface area contributed by atoms with Crippen LogP contribution in [0, 0.1) is 6.92 Å². The van der Waals surface area contributed by atoms with Crippen LogP contribution in [-0.2, 0) is 5.60 Å². The van der Waals surface area contributed by atoms with E-state index in [1.807, 2.05) is 25.3 Å². The van der Waals surface area contributed by atoms with Gasteiger partial charge < -0.3 is 10.1 Å². The summed E-state index contributed by atoms with van der Waals surface area (Å²) in [5, 5.41) is 10.9. The molecule has 0 unspecified atom stereocenters. The predicted octanol–water partition coefficient (Wildman–Crippen LogP) is 2.67. The van der Waals surface area contributed by atoms with Gasteiger partial charge in [-0.2, -0.15) is 0 Å². The Bertz CT molecular complexity index is 451. The topological polar surface area (TPSA) is 48.9 Å². The Balaban J connectivity index is 2.47. The third-order valence-corrected chi connectivity index (χ3v) is 3.68. The van der Waals surface area contributed by atoms with Gasteiger partial charge in [0.2, 0.25) is 0 Å². The monoisotopic (exact) mass is 222 g/mol. The maximum Gasteiger partial charge on any atom is 0.140 e. The second-order valence-corrected chi connectivity index (χ2v) is 5.08. The van der Waals surface area contributed by atoms with Crippen LogP contribution >= 0.6 is 11.3 Å². The van der Waals surface area contributed by atoms with Gasteiger partial charge in [-0.05, 0) is 32.9 Å². The van der Waals surface area contributed by atoms with Gasteiger partial charge in [-0.25, -0.2) is 4.98 Å². The molecule has 2 aromatic heterocycles. The van der Waals surface area contributed by atoms with Crippen molar-refractivity contribution in [1.82, 2.24) is 9.97 Å². The largest absolute Gasteiger partial charge is 0.385 e. The van der Waals surface area contributed by atoms with Gasteiger partial charge in [0.25, 0.3) is 0 Å². The van der Waals surface area contributed by atoms with Crippen LogP contribution < -0.4 is 0 Å². The number of thiazole rings is 1. The maximum atomic E-state index is 9.94. The summed E-state index contributed by atoms with van der Waals surface area (Å²) in [6.45, 7) is 5.49. The van der Waals surface area contributed by atoms with E-state index >= 15 is 0 Å². The summed E-state index contributed by atoms with van der Waals surface area (Å²) in [6.07, 6.45) is 1.87. The van der Waals surface area contributed by atoms with Crippen molar-refractivity contribution in [2.45, 2.75) is 26.4 Å². The van der Waals surface area contributed by atoms with Crippen molar-refractivity contribution in [3.05, 3.63) is 28.9 Å². The van der Waals surface area contributed by atoms with E-state index in [-0.39, 0.29) is 0 Å². The van der Waals surface area contributed by atoms with Crippen LogP contribution in [0.2, 0.25) is 0 Å². The first-order chi connectivity index (χ1) is 6.98. The third kappa shape index (κ3) is 1.96. The molecule has 0 saturated carbocycles. The van der Waals surface area contributed by atoms with Crippen LogP contribution in [0.1, 0.15) is 24.4 Å². The Labute approximate surface area is 92.8 Å². The Hall–Kier alpha value is -1.13. The first-order valence-corrected chi connectivity index (χ1v) is 5.64.